The van der Waals surface area contributed by atoms with Gasteiger partial charge in [-0.3, -0.25) is 14.6 Å². The number of rotatable bonds is 4. The molecule has 1 aliphatic rings. The summed E-state index contributed by atoms with van der Waals surface area (Å²) in [7, 11) is 0. The number of amides is 1. The number of hydrogen-bond acceptors (Lipinski definition) is 4. The Balaban J connectivity index is 2.39. The normalized spacial score (nSPS) is 20.5. The van der Waals surface area contributed by atoms with E-state index in [2.05, 4.69) is 23.6 Å². The largest absolute Gasteiger partial charge is 0.369 e. The predicted molar refractivity (Wildman–Crippen MR) is 60.3 cm³/mol. The summed E-state index contributed by atoms with van der Waals surface area (Å²) in [5.74, 6) is -0.249. The van der Waals surface area contributed by atoms with E-state index in [0.29, 0.717) is 13.1 Å². The minimum Gasteiger partial charge on any atom is -0.369 e. The third-order valence-corrected chi connectivity index (χ3v) is 3.11. The van der Waals surface area contributed by atoms with Gasteiger partial charge in [-0.05, 0) is 13.8 Å². The lowest BCUT2D eigenvalue weighted by Crippen LogP contribution is -2.58. The van der Waals surface area contributed by atoms with Crippen molar-refractivity contribution in [1.82, 2.24) is 9.80 Å². The van der Waals surface area contributed by atoms with Crippen LogP contribution in [0.1, 0.15) is 13.8 Å². The molecule has 5 nitrogen and oxygen atoms in total. The van der Waals surface area contributed by atoms with Crippen molar-refractivity contribution in [2.45, 2.75) is 19.4 Å². The summed E-state index contributed by atoms with van der Waals surface area (Å²) in [5.41, 5.74) is 10.9. The Morgan fingerprint density at radius 1 is 1.27 bits per heavy atom. The molecule has 0 radical (unpaired) electrons. The van der Waals surface area contributed by atoms with E-state index in [0.717, 1.165) is 26.2 Å². The van der Waals surface area contributed by atoms with Gasteiger partial charge in [0, 0.05) is 38.3 Å². The van der Waals surface area contributed by atoms with E-state index in [1.54, 1.807) is 0 Å². The number of nitrogens with two attached hydrogens (primary N) is 2. The van der Waals surface area contributed by atoms with Gasteiger partial charge in [0.1, 0.15) is 0 Å². The van der Waals surface area contributed by atoms with Crippen molar-refractivity contribution in [3.8, 4) is 0 Å². The molecule has 0 aliphatic carbocycles. The Morgan fingerprint density at radius 2 is 1.80 bits per heavy atom. The highest BCUT2D eigenvalue weighted by molar-refractivity contribution is 5.75. The number of carbonyl (C=O) groups is 1. The molecular formula is C10H22N4O. The second-order valence-electron chi connectivity index (χ2n) is 4.75. The van der Waals surface area contributed by atoms with Crippen LogP contribution in [0.25, 0.3) is 0 Å². The minimum absolute atomic E-state index is 0.0544. The number of hydrogen-bond donors (Lipinski definition) is 2. The first-order valence-electron chi connectivity index (χ1n) is 5.41. The Bertz CT molecular complexity index is 221. The fraction of sp³-hybridized carbons (Fsp3) is 0.900. The molecule has 4 N–H and O–H groups in total. The van der Waals surface area contributed by atoms with Gasteiger partial charge in [0.05, 0.1) is 6.54 Å². The summed E-state index contributed by atoms with van der Waals surface area (Å²) in [6.45, 7) is 9.03. The second kappa shape index (κ2) is 4.92. The lowest BCUT2D eigenvalue weighted by Gasteiger charge is -2.43. The molecule has 1 saturated heterocycles. The molecule has 0 atom stereocenters. The first-order valence-corrected chi connectivity index (χ1v) is 5.41. The van der Waals surface area contributed by atoms with Gasteiger partial charge in [0.15, 0.2) is 0 Å². The fourth-order valence-electron chi connectivity index (χ4n) is 1.86. The average molecular weight is 214 g/mol. The van der Waals surface area contributed by atoms with Crippen molar-refractivity contribution in [2.75, 3.05) is 39.3 Å². The maximum atomic E-state index is 10.7. The first-order chi connectivity index (χ1) is 6.95. The van der Waals surface area contributed by atoms with E-state index in [-0.39, 0.29) is 11.4 Å². The van der Waals surface area contributed by atoms with Crippen molar-refractivity contribution in [3.05, 3.63) is 0 Å². The van der Waals surface area contributed by atoms with Crippen LogP contribution in [-0.2, 0) is 4.79 Å². The Hall–Kier alpha value is -0.650. The summed E-state index contributed by atoms with van der Waals surface area (Å²) in [6, 6.07) is 0. The van der Waals surface area contributed by atoms with E-state index < -0.39 is 0 Å². The second-order valence-corrected chi connectivity index (χ2v) is 4.75. The summed E-state index contributed by atoms with van der Waals surface area (Å²) in [5, 5.41) is 0. The molecule has 5 heteroatoms. The van der Waals surface area contributed by atoms with Crippen molar-refractivity contribution < 1.29 is 4.79 Å². The van der Waals surface area contributed by atoms with Crippen LogP contribution in [0.5, 0.6) is 0 Å². The Kier molecular flexibility index (Phi) is 4.07. The molecule has 1 amide bonds. The standard InChI is InChI=1S/C10H22N4O/c1-10(2,8-11)14-5-3-13(4-6-14)7-9(12)15/h3-8,11H2,1-2H3,(H2,12,15). The van der Waals surface area contributed by atoms with E-state index in [9.17, 15) is 4.79 Å². The maximum Gasteiger partial charge on any atom is 0.231 e. The highest BCUT2D eigenvalue weighted by Gasteiger charge is 2.28. The van der Waals surface area contributed by atoms with Gasteiger partial charge >= 0.3 is 0 Å². The molecule has 0 aromatic carbocycles. The Morgan fingerprint density at radius 3 is 2.20 bits per heavy atom. The van der Waals surface area contributed by atoms with Crippen molar-refractivity contribution in [1.29, 1.82) is 0 Å². The van der Waals surface area contributed by atoms with Crippen LogP contribution in [0.4, 0.5) is 0 Å². The van der Waals surface area contributed by atoms with Crippen LogP contribution in [0.3, 0.4) is 0 Å². The third kappa shape index (κ3) is 3.44. The van der Waals surface area contributed by atoms with Gasteiger partial charge in [-0.25, -0.2) is 0 Å². The third-order valence-electron chi connectivity index (χ3n) is 3.11. The molecule has 1 heterocycles. The molecule has 15 heavy (non-hydrogen) atoms. The van der Waals surface area contributed by atoms with Crippen LogP contribution in [0.2, 0.25) is 0 Å². The highest BCUT2D eigenvalue weighted by atomic mass is 16.1. The number of piperazine rings is 1. The van der Waals surface area contributed by atoms with Gasteiger partial charge in [-0.1, -0.05) is 0 Å². The van der Waals surface area contributed by atoms with Crippen LogP contribution in [-0.4, -0.2) is 60.5 Å². The summed E-state index contributed by atoms with van der Waals surface area (Å²) >= 11 is 0. The van der Waals surface area contributed by atoms with Gasteiger partial charge in [-0.15, -0.1) is 0 Å². The predicted octanol–water partition coefficient (Wildman–Crippen LogP) is -1.17. The summed E-state index contributed by atoms with van der Waals surface area (Å²) in [6.07, 6.45) is 0. The molecule has 0 bridgehead atoms. The molecule has 88 valence electrons. The Labute approximate surface area is 91.4 Å². The topological polar surface area (TPSA) is 75.6 Å². The van der Waals surface area contributed by atoms with E-state index in [1.807, 2.05) is 0 Å². The number of primary amides is 1. The highest BCUT2D eigenvalue weighted by Crippen LogP contribution is 2.15. The van der Waals surface area contributed by atoms with E-state index in [1.165, 1.54) is 0 Å². The van der Waals surface area contributed by atoms with Crippen LogP contribution >= 0.6 is 0 Å². The van der Waals surface area contributed by atoms with E-state index in [4.69, 9.17) is 11.5 Å². The van der Waals surface area contributed by atoms with Crippen molar-refractivity contribution in [2.24, 2.45) is 11.5 Å². The lowest BCUT2D eigenvalue weighted by atomic mass is 10.0. The molecule has 0 spiro atoms. The molecule has 0 aromatic heterocycles. The molecule has 1 fully saturated rings. The van der Waals surface area contributed by atoms with Gasteiger partial charge < -0.3 is 11.5 Å². The van der Waals surface area contributed by atoms with Crippen molar-refractivity contribution >= 4 is 5.91 Å². The zero-order valence-corrected chi connectivity index (χ0v) is 9.70. The number of carbonyl (C=O) groups excluding carboxylic acids is 1. The summed E-state index contributed by atoms with van der Waals surface area (Å²) in [4.78, 5) is 15.2. The van der Waals surface area contributed by atoms with Gasteiger partial charge in [0.25, 0.3) is 0 Å². The molecule has 0 unspecified atom stereocenters. The average Bonchev–Trinajstić information content (AvgIpc) is 2.18. The molecule has 1 rings (SSSR count). The first kappa shape index (κ1) is 12.4. The zero-order valence-electron chi connectivity index (χ0n) is 9.70. The maximum absolute atomic E-state index is 10.7. The van der Waals surface area contributed by atoms with Gasteiger partial charge in [-0.2, -0.15) is 0 Å². The lowest BCUT2D eigenvalue weighted by molar-refractivity contribution is -0.119. The van der Waals surface area contributed by atoms with Crippen LogP contribution in [0, 0.1) is 0 Å². The smallest absolute Gasteiger partial charge is 0.231 e. The van der Waals surface area contributed by atoms with Gasteiger partial charge in [0.2, 0.25) is 5.91 Å². The molecule has 1 aliphatic heterocycles. The van der Waals surface area contributed by atoms with Crippen LogP contribution in [0.15, 0.2) is 0 Å². The molecular weight excluding hydrogens is 192 g/mol. The number of nitrogens with zero attached hydrogens (tertiary/aromatic N) is 2. The summed E-state index contributed by atoms with van der Waals surface area (Å²) < 4.78 is 0. The quantitative estimate of drug-likeness (QED) is 0.618. The van der Waals surface area contributed by atoms with Crippen LogP contribution < -0.4 is 11.5 Å². The monoisotopic (exact) mass is 214 g/mol. The zero-order chi connectivity index (χ0) is 11.5. The minimum atomic E-state index is -0.249. The SMILES string of the molecule is CC(C)(CN)N1CCN(CC(N)=O)CC1. The van der Waals surface area contributed by atoms with Crippen molar-refractivity contribution in [3.63, 3.8) is 0 Å². The molecule has 0 saturated carbocycles. The fourth-order valence-corrected chi connectivity index (χ4v) is 1.86. The molecule has 0 aromatic rings. The van der Waals surface area contributed by atoms with E-state index >= 15 is 0 Å².